The van der Waals surface area contributed by atoms with Gasteiger partial charge in [0.1, 0.15) is 0 Å². The summed E-state index contributed by atoms with van der Waals surface area (Å²) in [5.41, 5.74) is -0.591. The summed E-state index contributed by atoms with van der Waals surface area (Å²) < 4.78 is 4.93. The third-order valence-corrected chi connectivity index (χ3v) is 2.27. The molecule has 0 bridgehead atoms. The maximum atomic E-state index is 11.5. The molecular formula is C12H22N2O5. The molecule has 0 fully saturated rings. The van der Waals surface area contributed by atoms with Crippen molar-refractivity contribution in [3.63, 3.8) is 0 Å². The van der Waals surface area contributed by atoms with Gasteiger partial charge in [0, 0.05) is 20.0 Å². The first-order chi connectivity index (χ1) is 8.66. The Kier molecular flexibility index (Phi) is 7.06. The second-order valence-electron chi connectivity index (χ2n) is 5.23. The van der Waals surface area contributed by atoms with Crippen molar-refractivity contribution in [2.24, 2.45) is 5.92 Å². The van der Waals surface area contributed by atoms with Gasteiger partial charge in [0.2, 0.25) is 5.91 Å². The fourth-order valence-electron chi connectivity index (χ4n) is 1.60. The number of aliphatic carboxylic acids is 1. The van der Waals surface area contributed by atoms with Crippen LogP contribution in [0.25, 0.3) is 0 Å². The molecule has 3 amide bonds. The number of imide groups is 1. The van der Waals surface area contributed by atoms with Crippen LogP contribution in [-0.4, -0.2) is 42.3 Å². The van der Waals surface area contributed by atoms with Gasteiger partial charge >= 0.3 is 12.0 Å². The van der Waals surface area contributed by atoms with Gasteiger partial charge in [-0.2, -0.15) is 0 Å². The Labute approximate surface area is 112 Å². The summed E-state index contributed by atoms with van der Waals surface area (Å²) in [6.07, 6.45) is -0.116. The highest BCUT2D eigenvalue weighted by Gasteiger charge is 2.22. The molecule has 110 valence electrons. The van der Waals surface area contributed by atoms with E-state index in [2.05, 4.69) is 10.6 Å². The van der Waals surface area contributed by atoms with Crippen LogP contribution in [-0.2, 0) is 14.3 Å². The van der Waals surface area contributed by atoms with Gasteiger partial charge in [-0.1, -0.05) is 6.92 Å². The summed E-state index contributed by atoms with van der Waals surface area (Å²) in [4.78, 5) is 33.5. The Balaban J connectivity index is 4.12. The second kappa shape index (κ2) is 7.73. The van der Waals surface area contributed by atoms with Crippen molar-refractivity contribution >= 4 is 17.9 Å². The topological polar surface area (TPSA) is 105 Å². The van der Waals surface area contributed by atoms with Crippen molar-refractivity contribution in [2.75, 3.05) is 13.7 Å². The zero-order valence-corrected chi connectivity index (χ0v) is 11.8. The molecule has 0 aliphatic carbocycles. The molecule has 0 rings (SSSR count). The number of hydrogen-bond acceptors (Lipinski definition) is 4. The lowest BCUT2D eigenvalue weighted by atomic mass is 10.0. The van der Waals surface area contributed by atoms with E-state index in [0.29, 0.717) is 6.61 Å². The van der Waals surface area contributed by atoms with E-state index >= 15 is 0 Å². The van der Waals surface area contributed by atoms with Crippen molar-refractivity contribution in [1.29, 1.82) is 0 Å². The van der Waals surface area contributed by atoms with Gasteiger partial charge in [0.15, 0.2) is 0 Å². The van der Waals surface area contributed by atoms with E-state index < -0.39 is 23.4 Å². The van der Waals surface area contributed by atoms with E-state index in [1.165, 1.54) is 7.11 Å². The SMILES string of the molecule is COCC(C)(C)NC(=O)NC(=O)CC(C)CC(=O)O. The monoisotopic (exact) mass is 274 g/mol. The average molecular weight is 274 g/mol. The molecule has 19 heavy (non-hydrogen) atoms. The normalized spacial score (nSPS) is 12.6. The number of methoxy groups -OCH3 is 1. The molecule has 0 aromatic heterocycles. The molecule has 3 N–H and O–H groups in total. The van der Waals surface area contributed by atoms with Crippen LogP contribution in [0.5, 0.6) is 0 Å². The number of ether oxygens (including phenoxy) is 1. The van der Waals surface area contributed by atoms with E-state index in [0.717, 1.165) is 0 Å². The van der Waals surface area contributed by atoms with Gasteiger partial charge in [-0.05, 0) is 19.8 Å². The number of rotatable bonds is 7. The maximum Gasteiger partial charge on any atom is 0.321 e. The molecule has 0 aliphatic rings. The van der Waals surface area contributed by atoms with E-state index in [1.807, 2.05) is 0 Å². The Morgan fingerprint density at radius 2 is 1.84 bits per heavy atom. The van der Waals surface area contributed by atoms with Crippen molar-refractivity contribution < 1.29 is 24.2 Å². The van der Waals surface area contributed by atoms with Gasteiger partial charge in [-0.15, -0.1) is 0 Å². The summed E-state index contributed by atoms with van der Waals surface area (Å²) in [5, 5.41) is 13.3. The first kappa shape index (κ1) is 17.4. The summed E-state index contributed by atoms with van der Waals surface area (Å²) in [6.45, 7) is 5.46. The van der Waals surface area contributed by atoms with Gasteiger partial charge in [0.25, 0.3) is 0 Å². The molecule has 7 heteroatoms. The van der Waals surface area contributed by atoms with Crippen LogP contribution in [0.15, 0.2) is 0 Å². The van der Waals surface area contributed by atoms with Crippen LogP contribution in [0.4, 0.5) is 4.79 Å². The van der Waals surface area contributed by atoms with Crippen LogP contribution in [0.1, 0.15) is 33.6 Å². The smallest absolute Gasteiger partial charge is 0.321 e. The molecule has 0 saturated carbocycles. The zero-order valence-electron chi connectivity index (χ0n) is 11.8. The van der Waals surface area contributed by atoms with E-state index in [9.17, 15) is 14.4 Å². The molecule has 0 saturated heterocycles. The molecule has 1 atom stereocenters. The lowest BCUT2D eigenvalue weighted by Gasteiger charge is -2.25. The number of nitrogens with one attached hydrogen (secondary N) is 2. The van der Waals surface area contributed by atoms with Gasteiger partial charge in [0.05, 0.1) is 12.1 Å². The number of carbonyl (C=O) groups excluding carboxylic acids is 2. The predicted octanol–water partition coefficient (Wildman–Crippen LogP) is 0.738. The summed E-state index contributed by atoms with van der Waals surface area (Å²) in [5.74, 6) is -1.79. The van der Waals surface area contributed by atoms with Crippen molar-refractivity contribution in [1.82, 2.24) is 10.6 Å². The lowest BCUT2D eigenvalue weighted by Crippen LogP contribution is -2.52. The minimum absolute atomic E-state index is 0.00950. The van der Waals surface area contributed by atoms with Crippen LogP contribution in [0.2, 0.25) is 0 Å². The summed E-state index contributed by atoms with van der Waals surface area (Å²) >= 11 is 0. The van der Waals surface area contributed by atoms with Crippen LogP contribution >= 0.6 is 0 Å². The van der Waals surface area contributed by atoms with Crippen LogP contribution in [0, 0.1) is 5.92 Å². The Morgan fingerprint density at radius 3 is 2.32 bits per heavy atom. The first-order valence-electron chi connectivity index (χ1n) is 5.99. The average Bonchev–Trinajstić information content (AvgIpc) is 2.12. The number of carboxylic acids is 1. The van der Waals surface area contributed by atoms with Crippen molar-refractivity contribution in [3.05, 3.63) is 0 Å². The Bertz CT molecular complexity index is 341. The molecule has 0 aromatic carbocycles. The fraction of sp³-hybridized carbons (Fsp3) is 0.750. The molecular weight excluding hydrogens is 252 g/mol. The first-order valence-corrected chi connectivity index (χ1v) is 5.99. The molecule has 0 aliphatic heterocycles. The molecule has 1 unspecified atom stereocenters. The highest BCUT2D eigenvalue weighted by atomic mass is 16.5. The number of carboxylic acid groups (broad SMARTS) is 1. The standard InChI is InChI=1S/C12H22N2O5/c1-8(6-10(16)17)5-9(15)13-11(18)14-12(2,3)7-19-4/h8H,5-7H2,1-4H3,(H,16,17)(H2,13,14,15,18). The van der Waals surface area contributed by atoms with E-state index in [1.54, 1.807) is 20.8 Å². The highest BCUT2D eigenvalue weighted by molar-refractivity contribution is 5.94. The number of urea groups is 1. The quantitative estimate of drug-likeness (QED) is 0.635. The molecule has 0 radical (unpaired) electrons. The van der Waals surface area contributed by atoms with Crippen LogP contribution < -0.4 is 10.6 Å². The van der Waals surface area contributed by atoms with Crippen molar-refractivity contribution in [3.8, 4) is 0 Å². The lowest BCUT2D eigenvalue weighted by molar-refractivity contribution is -0.138. The van der Waals surface area contributed by atoms with Gasteiger partial charge in [-0.3, -0.25) is 14.9 Å². The second-order valence-corrected chi connectivity index (χ2v) is 5.23. The summed E-state index contributed by atoms with van der Waals surface area (Å²) in [7, 11) is 1.51. The predicted molar refractivity (Wildman–Crippen MR) is 68.7 cm³/mol. The third kappa shape index (κ3) is 9.01. The molecule has 0 aromatic rings. The molecule has 7 nitrogen and oxygen atoms in total. The van der Waals surface area contributed by atoms with Crippen LogP contribution in [0.3, 0.4) is 0 Å². The van der Waals surface area contributed by atoms with E-state index in [4.69, 9.17) is 9.84 Å². The van der Waals surface area contributed by atoms with Gasteiger partial charge in [-0.25, -0.2) is 4.79 Å². The minimum atomic E-state index is -0.967. The zero-order chi connectivity index (χ0) is 15.1. The number of amides is 3. The largest absolute Gasteiger partial charge is 0.481 e. The molecule has 0 heterocycles. The minimum Gasteiger partial charge on any atom is -0.481 e. The Morgan fingerprint density at radius 1 is 1.26 bits per heavy atom. The van der Waals surface area contributed by atoms with Crippen molar-refractivity contribution in [2.45, 2.75) is 39.2 Å². The summed E-state index contributed by atoms with van der Waals surface area (Å²) in [6, 6.07) is -0.616. The highest BCUT2D eigenvalue weighted by Crippen LogP contribution is 2.07. The Hall–Kier alpha value is -1.63. The number of carbonyl (C=O) groups is 3. The van der Waals surface area contributed by atoms with Gasteiger partial charge < -0.3 is 15.2 Å². The van der Waals surface area contributed by atoms with E-state index in [-0.39, 0.29) is 18.8 Å². The maximum absolute atomic E-state index is 11.5. The third-order valence-electron chi connectivity index (χ3n) is 2.27. The fourth-order valence-corrected chi connectivity index (χ4v) is 1.60. The number of hydrogen-bond donors (Lipinski definition) is 3. The molecule has 0 spiro atoms.